The molecule has 256 valence electrons. The lowest BCUT2D eigenvalue weighted by Gasteiger charge is -2.31. The standard InChI is InChI=1S/C20H23N13O13P2/c21-13-7-14(25-3-24-13)33(20(27-7)30-31-23)17-10(35)11-6(44-17)2-42-48(39,40)46-12-9(34)5(1-41-47(37,38)45-11)43-18(12)32-4-26-8-15(32)28-19(22)29-16(8)36/h3-6,9-12,17-18,34-35H,1-2H2,(H,37,38)(H,39,40)(H2,21,24,25)(H3,22,28,29,36)/p-1/t5-,6-,9-,10-,11-,12-,17-,18-/m1/s1. The molecule has 2 bridgehead atoms. The summed E-state index contributed by atoms with van der Waals surface area (Å²) in [6, 6.07) is 0. The van der Waals surface area contributed by atoms with Crippen molar-refractivity contribution >= 4 is 55.7 Å². The molecule has 8 N–H and O–H groups in total. The van der Waals surface area contributed by atoms with Crippen LogP contribution in [0.15, 0.2) is 22.6 Å². The highest BCUT2D eigenvalue weighted by Gasteiger charge is 2.53. The molecule has 28 heteroatoms. The number of nitrogens with zero attached hydrogens (tertiary/aromatic N) is 10. The molecule has 26 nitrogen and oxygen atoms in total. The predicted molar refractivity (Wildman–Crippen MR) is 150 cm³/mol. The summed E-state index contributed by atoms with van der Waals surface area (Å²) in [6.45, 7) is -1.89. The molecule has 0 amide bonds. The number of nitrogens with two attached hydrogens (primary N) is 2. The van der Waals surface area contributed by atoms with Gasteiger partial charge in [0, 0.05) is 4.91 Å². The Balaban J connectivity index is 1.23. The van der Waals surface area contributed by atoms with E-state index in [0.29, 0.717) is 0 Å². The van der Waals surface area contributed by atoms with E-state index in [4.69, 9.17) is 44.6 Å². The molecular weight excluding hydrogens is 692 g/mol. The van der Waals surface area contributed by atoms with Crippen molar-refractivity contribution in [2.75, 3.05) is 24.7 Å². The summed E-state index contributed by atoms with van der Waals surface area (Å²) in [6.07, 6.45) is -11.8. The lowest BCUT2D eigenvalue weighted by molar-refractivity contribution is -0.237. The molecule has 2 unspecified atom stereocenters. The largest absolute Gasteiger partial charge is 0.756 e. The zero-order valence-electron chi connectivity index (χ0n) is 23.6. The van der Waals surface area contributed by atoms with Crippen LogP contribution >= 0.6 is 15.6 Å². The Kier molecular flexibility index (Phi) is 7.96. The van der Waals surface area contributed by atoms with Gasteiger partial charge < -0.3 is 50.0 Å². The van der Waals surface area contributed by atoms with Crippen LogP contribution in [0.4, 0.5) is 17.7 Å². The number of H-pyrrole nitrogens is 1. The average molecular weight is 714 g/mol. The van der Waals surface area contributed by atoms with Gasteiger partial charge in [-0.2, -0.15) is 4.98 Å². The maximum absolute atomic E-state index is 13.2. The monoisotopic (exact) mass is 714 g/mol. The zero-order valence-corrected chi connectivity index (χ0v) is 25.4. The summed E-state index contributed by atoms with van der Waals surface area (Å²) in [7, 11) is -10.6. The van der Waals surface area contributed by atoms with Crippen LogP contribution in [0, 0.1) is 0 Å². The predicted octanol–water partition coefficient (Wildman–Crippen LogP) is -2.03. The summed E-state index contributed by atoms with van der Waals surface area (Å²) >= 11 is 0. The van der Waals surface area contributed by atoms with Crippen molar-refractivity contribution in [3.05, 3.63) is 33.5 Å². The minimum atomic E-state index is -5.45. The first-order valence-corrected chi connectivity index (χ1v) is 16.4. The second kappa shape index (κ2) is 11.8. The summed E-state index contributed by atoms with van der Waals surface area (Å²) in [5, 5.41) is 25.7. The fourth-order valence-corrected chi connectivity index (χ4v) is 7.36. The van der Waals surface area contributed by atoms with Gasteiger partial charge in [0.2, 0.25) is 11.9 Å². The number of nitrogen functional groups attached to an aromatic ring is 2. The minimum Gasteiger partial charge on any atom is -0.756 e. The van der Waals surface area contributed by atoms with E-state index in [1.807, 2.05) is 0 Å². The summed E-state index contributed by atoms with van der Waals surface area (Å²) in [4.78, 5) is 60.8. The van der Waals surface area contributed by atoms with E-state index in [0.717, 1.165) is 21.8 Å². The van der Waals surface area contributed by atoms with Gasteiger partial charge in [0.05, 0.1) is 19.5 Å². The van der Waals surface area contributed by atoms with Crippen LogP contribution in [0.25, 0.3) is 32.8 Å². The van der Waals surface area contributed by atoms with E-state index in [1.165, 1.54) is 0 Å². The molecule has 0 aliphatic carbocycles. The molecule has 4 aromatic heterocycles. The van der Waals surface area contributed by atoms with Crippen LogP contribution in [0.5, 0.6) is 0 Å². The van der Waals surface area contributed by atoms with Gasteiger partial charge >= 0.3 is 7.82 Å². The lowest BCUT2D eigenvalue weighted by atomic mass is 10.1. The van der Waals surface area contributed by atoms with Gasteiger partial charge in [-0.25, -0.2) is 24.5 Å². The summed E-state index contributed by atoms with van der Waals surface area (Å²) in [5.41, 5.74) is 19.3. The first-order chi connectivity index (χ1) is 22.8. The molecule has 3 aliphatic rings. The number of fused-ring (bicyclic) bond motifs is 5. The number of nitrogens with one attached hydrogen (secondary N) is 1. The number of ether oxygens (including phenoxy) is 2. The van der Waals surface area contributed by atoms with E-state index in [9.17, 15) is 33.9 Å². The van der Waals surface area contributed by atoms with Crippen LogP contribution in [-0.2, 0) is 36.7 Å². The number of hydrogen-bond acceptors (Lipinski definition) is 20. The van der Waals surface area contributed by atoms with Gasteiger partial charge in [-0.15, -0.1) is 0 Å². The fourth-order valence-electron chi connectivity index (χ4n) is 5.48. The highest BCUT2D eigenvalue weighted by atomic mass is 31.2. The number of phosphoric ester groups is 2. The Hall–Kier alpha value is -4.13. The maximum Gasteiger partial charge on any atom is 0.472 e. The molecule has 0 radical (unpaired) electrons. The molecule has 3 saturated heterocycles. The van der Waals surface area contributed by atoms with E-state index in [-0.39, 0.29) is 34.1 Å². The SMILES string of the molecule is [N-]=[N+]=Nc1nc2c(N)ncnc2n1[C@@H]1O[C@@H]2COP(=O)([O-])O[C@@H]3[C@H](O)[C@@H](COP(=O)(O)O[C@H]2[C@H]1O)O[C@H]3n1cnc2c(=O)[nH]c(N)nc21. The molecule has 48 heavy (non-hydrogen) atoms. The number of aromatic amines is 1. The van der Waals surface area contributed by atoms with Gasteiger partial charge in [-0.05, 0) is 10.6 Å². The van der Waals surface area contributed by atoms with Gasteiger partial charge in [0.25, 0.3) is 13.4 Å². The Labute approximate surface area is 264 Å². The number of imidazole rings is 2. The number of rotatable bonds is 3. The Morgan fingerprint density at radius 3 is 2.52 bits per heavy atom. The van der Waals surface area contributed by atoms with Crippen LogP contribution < -0.4 is 21.9 Å². The van der Waals surface area contributed by atoms with Gasteiger partial charge in [-0.1, -0.05) is 0 Å². The van der Waals surface area contributed by atoms with E-state index < -0.39 is 89.4 Å². The topological polar surface area (TPSA) is 381 Å². The fraction of sp³-hybridized carbons (Fsp3) is 0.500. The molecule has 0 spiro atoms. The van der Waals surface area contributed by atoms with E-state index in [2.05, 4.69) is 39.9 Å². The summed E-state index contributed by atoms with van der Waals surface area (Å²) < 4.78 is 60.5. The Bertz CT molecular complexity index is 2120. The van der Waals surface area contributed by atoms with Gasteiger partial charge in [0.15, 0.2) is 40.6 Å². The quantitative estimate of drug-likeness (QED) is 0.0576. The molecule has 10 atom stereocenters. The molecule has 3 aliphatic heterocycles. The van der Waals surface area contributed by atoms with Crippen molar-refractivity contribution in [3.8, 4) is 0 Å². The van der Waals surface area contributed by atoms with Crippen LogP contribution in [0.2, 0.25) is 0 Å². The normalized spacial score (nSPS) is 35.8. The second-order valence-electron chi connectivity index (χ2n) is 10.4. The number of aliphatic hydroxyl groups excluding tert-OH is 2. The average Bonchev–Trinajstić information content (AvgIpc) is 3.75. The number of aromatic nitrogens is 8. The smallest absolute Gasteiger partial charge is 0.472 e. The van der Waals surface area contributed by atoms with Crippen molar-refractivity contribution in [1.29, 1.82) is 0 Å². The van der Waals surface area contributed by atoms with Crippen molar-refractivity contribution in [3.63, 3.8) is 0 Å². The number of hydrogen-bond donors (Lipinski definition) is 6. The first-order valence-electron chi connectivity index (χ1n) is 13.5. The lowest BCUT2D eigenvalue weighted by Crippen LogP contribution is -2.37. The third-order valence-electron chi connectivity index (χ3n) is 7.53. The van der Waals surface area contributed by atoms with Gasteiger partial charge in [-0.3, -0.25) is 32.5 Å². The molecule has 3 fully saturated rings. The zero-order chi connectivity index (χ0) is 34.1. The van der Waals surface area contributed by atoms with Crippen molar-refractivity contribution in [1.82, 2.24) is 39.0 Å². The van der Waals surface area contributed by atoms with Crippen LogP contribution in [0.1, 0.15) is 12.5 Å². The molecule has 0 aromatic carbocycles. The molecule has 7 heterocycles. The molecular formula is C20H22N13O13P2-. The Morgan fingerprint density at radius 1 is 1.00 bits per heavy atom. The first kappa shape index (κ1) is 32.4. The highest BCUT2D eigenvalue weighted by Crippen LogP contribution is 2.52. The van der Waals surface area contributed by atoms with Crippen molar-refractivity contribution in [2.24, 2.45) is 5.11 Å². The number of aliphatic hydroxyl groups is 2. The second-order valence-corrected chi connectivity index (χ2v) is 13.2. The molecule has 7 rings (SSSR count). The minimum absolute atomic E-state index is 0.0552. The van der Waals surface area contributed by atoms with Crippen molar-refractivity contribution in [2.45, 2.75) is 49.1 Å². The highest BCUT2D eigenvalue weighted by molar-refractivity contribution is 7.47. The maximum atomic E-state index is 13.2. The van der Waals surface area contributed by atoms with E-state index in [1.54, 1.807) is 0 Å². The number of azide groups is 1. The van der Waals surface area contributed by atoms with E-state index >= 15 is 0 Å². The summed E-state index contributed by atoms with van der Waals surface area (Å²) in [5.74, 6) is -0.868. The third kappa shape index (κ3) is 5.59. The number of anilines is 2. The Morgan fingerprint density at radius 2 is 1.75 bits per heavy atom. The molecule has 4 aromatic rings. The third-order valence-corrected chi connectivity index (χ3v) is 9.48. The number of phosphoric acid groups is 2. The van der Waals surface area contributed by atoms with Crippen LogP contribution in [-0.4, -0.2) is 104 Å². The molecule has 0 saturated carbocycles. The van der Waals surface area contributed by atoms with Gasteiger partial charge in [0.1, 0.15) is 43.0 Å². The van der Waals surface area contributed by atoms with Crippen molar-refractivity contribution < 1.29 is 56.7 Å². The van der Waals surface area contributed by atoms with Crippen LogP contribution in [0.3, 0.4) is 0 Å².